The highest BCUT2D eigenvalue weighted by Crippen LogP contribution is 2.35. The summed E-state index contributed by atoms with van der Waals surface area (Å²) in [5.41, 5.74) is 2.47. The monoisotopic (exact) mass is 403 g/mol. The van der Waals surface area contributed by atoms with Gasteiger partial charge in [0.05, 0.1) is 4.92 Å². The lowest BCUT2D eigenvalue weighted by molar-refractivity contribution is -0.383. The molecule has 1 aromatic heterocycles. The van der Waals surface area contributed by atoms with Crippen LogP contribution in [0.25, 0.3) is 0 Å². The topological polar surface area (TPSA) is 93.0 Å². The van der Waals surface area contributed by atoms with Crippen LogP contribution in [0.5, 0.6) is 0 Å². The van der Waals surface area contributed by atoms with E-state index >= 15 is 0 Å². The summed E-state index contributed by atoms with van der Waals surface area (Å²) in [4.78, 5) is 19.3. The lowest BCUT2D eigenvalue weighted by atomic mass is 10.2. The summed E-state index contributed by atoms with van der Waals surface area (Å²) < 4.78 is 0. The fourth-order valence-corrected chi connectivity index (χ4v) is 2.82. The van der Waals surface area contributed by atoms with Crippen LogP contribution >= 0.6 is 23.2 Å². The van der Waals surface area contributed by atoms with E-state index in [0.29, 0.717) is 21.4 Å². The highest BCUT2D eigenvalue weighted by atomic mass is 35.5. The number of anilines is 4. The van der Waals surface area contributed by atoms with Gasteiger partial charge in [-0.15, -0.1) is 0 Å². The molecule has 9 heteroatoms. The van der Waals surface area contributed by atoms with Crippen molar-refractivity contribution in [2.24, 2.45) is 0 Å². The molecule has 1 heterocycles. The maximum absolute atomic E-state index is 11.7. The van der Waals surface area contributed by atoms with Gasteiger partial charge in [-0.1, -0.05) is 35.3 Å². The average molecular weight is 404 g/mol. The van der Waals surface area contributed by atoms with Crippen molar-refractivity contribution >= 4 is 51.9 Å². The molecule has 0 saturated carbocycles. The number of hydrogen-bond acceptors (Lipinski definition) is 6. The first kappa shape index (κ1) is 18.9. The number of nitrogens with zero attached hydrogens (tertiary/aromatic N) is 3. The molecule has 0 amide bonds. The minimum atomic E-state index is -0.537. The Kier molecular flexibility index (Phi) is 5.43. The molecule has 3 rings (SSSR count). The summed E-state index contributed by atoms with van der Waals surface area (Å²) in [5.74, 6) is 0.116. The van der Waals surface area contributed by atoms with Crippen molar-refractivity contribution in [3.05, 3.63) is 74.0 Å². The molecule has 2 N–H and O–H groups in total. The first-order valence-electron chi connectivity index (χ1n) is 7.92. The summed E-state index contributed by atoms with van der Waals surface area (Å²) >= 11 is 12.2. The van der Waals surface area contributed by atoms with Crippen molar-refractivity contribution in [1.29, 1.82) is 0 Å². The van der Waals surface area contributed by atoms with E-state index in [0.717, 1.165) is 11.1 Å². The Morgan fingerprint density at radius 3 is 1.74 bits per heavy atom. The fraction of sp³-hybridized carbons (Fsp3) is 0.111. The summed E-state index contributed by atoms with van der Waals surface area (Å²) in [5, 5.41) is 18.8. The number of nitrogens with one attached hydrogen (secondary N) is 2. The van der Waals surface area contributed by atoms with E-state index in [1.165, 1.54) is 6.33 Å². The van der Waals surface area contributed by atoms with E-state index < -0.39 is 4.92 Å². The largest absolute Gasteiger partial charge is 0.353 e. The standard InChI is InChI=1S/C18H15Cl2N5O2/c1-10-12(19)5-3-7-14(10)23-17-16(25(26)27)18(22-9-21-17)24-15-8-4-6-13(20)11(15)2/h3-9H,1-2H3,(H2,21,22,23,24). The van der Waals surface area contributed by atoms with Gasteiger partial charge >= 0.3 is 5.69 Å². The van der Waals surface area contributed by atoms with Gasteiger partial charge in [0.25, 0.3) is 0 Å². The minimum absolute atomic E-state index is 0.0579. The quantitative estimate of drug-likeness (QED) is 0.413. The zero-order valence-corrected chi connectivity index (χ0v) is 16.0. The lowest BCUT2D eigenvalue weighted by Crippen LogP contribution is -2.06. The third-order valence-electron chi connectivity index (χ3n) is 4.05. The second-order valence-electron chi connectivity index (χ2n) is 5.75. The Bertz CT molecular complexity index is 955. The number of rotatable bonds is 5. The second-order valence-corrected chi connectivity index (χ2v) is 6.57. The van der Waals surface area contributed by atoms with Crippen molar-refractivity contribution < 1.29 is 4.92 Å². The van der Waals surface area contributed by atoms with Crippen LogP contribution in [0, 0.1) is 24.0 Å². The van der Waals surface area contributed by atoms with E-state index in [4.69, 9.17) is 23.2 Å². The van der Waals surface area contributed by atoms with E-state index in [-0.39, 0.29) is 17.3 Å². The number of nitro groups is 1. The van der Waals surface area contributed by atoms with Crippen LogP contribution in [-0.4, -0.2) is 14.9 Å². The number of hydrogen-bond donors (Lipinski definition) is 2. The predicted molar refractivity (Wildman–Crippen MR) is 108 cm³/mol. The zero-order valence-electron chi connectivity index (χ0n) is 14.5. The third kappa shape index (κ3) is 3.94. The van der Waals surface area contributed by atoms with Crippen molar-refractivity contribution in [3.8, 4) is 0 Å². The Hall–Kier alpha value is -2.90. The molecule has 0 radical (unpaired) electrons. The van der Waals surface area contributed by atoms with Gasteiger partial charge in [0, 0.05) is 21.4 Å². The van der Waals surface area contributed by atoms with Gasteiger partial charge in [0.2, 0.25) is 11.6 Å². The predicted octanol–water partition coefficient (Wildman–Crippen LogP) is 5.80. The smallest absolute Gasteiger partial charge is 0.334 e. The van der Waals surface area contributed by atoms with Crippen molar-refractivity contribution in [3.63, 3.8) is 0 Å². The molecule has 0 aliphatic rings. The Morgan fingerprint density at radius 1 is 0.889 bits per heavy atom. The van der Waals surface area contributed by atoms with Crippen molar-refractivity contribution in [2.45, 2.75) is 13.8 Å². The molecule has 0 aliphatic heterocycles. The van der Waals surface area contributed by atoms with Gasteiger partial charge in [-0.3, -0.25) is 10.1 Å². The third-order valence-corrected chi connectivity index (χ3v) is 4.87. The second kappa shape index (κ2) is 7.77. The van der Waals surface area contributed by atoms with Crippen LogP contribution in [0.4, 0.5) is 28.7 Å². The number of benzene rings is 2. The summed E-state index contributed by atoms with van der Waals surface area (Å²) in [7, 11) is 0. The Labute approximate surface area is 165 Å². The summed E-state index contributed by atoms with van der Waals surface area (Å²) in [6.07, 6.45) is 1.25. The average Bonchev–Trinajstić information content (AvgIpc) is 2.63. The molecule has 3 aromatic rings. The first-order valence-corrected chi connectivity index (χ1v) is 8.67. The van der Waals surface area contributed by atoms with E-state index in [2.05, 4.69) is 20.6 Å². The van der Waals surface area contributed by atoms with Crippen molar-refractivity contribution in [2.75, 3.05) is 10.6 Å². The number of aromatic nitrogens is 2. The zero-order chi connectivity index (χ0) is 19.6. The highest BCUT2D eigenvalue weighted by Gasteiger charge is 2.24. The van der Waals surface area contributed by atoms with Gasteiger partial charge < -0.3 is 10.6 Å². The minimum Gasteiger partial charge on any atom is -0.334 e. The van der Waals surface area contributed by atoms with Gasteiger partial charge in [-0.2, -0.15) is 0 Å². The van der Waals surface area contributed by atoms with Gasteiger partial charge in [-0.05, 0) is 49.2 Å². The molecular weight excluding hydrogens is 389 g/mol. The van der Waals surface area contributed by atoms with E-state index in [1.807, 2.05) is 13.8 Å². The molecule has 0 fully saturated rings. The van der Waals surface area contributed by atoms with Crippen molar-refractivity contribution in [1.82, 2.24) is 9.97 Å². The van der Waals surface area contributed by atoms with Crippen LogP contribution in [0.3, 0.4) is 0 Å². The Morgan fingerprint density at radius 2 is 1.33 bits per heavy atom. The molecule has 7 nitrogen and oxygen atoms in total. The van der Waals surface area contributed by atoms with Gasteiger partial charge in [-0.25, -0.2) is 9.97 Å². The molecule has 0 unspecified atom stereocenters. The number of halogens is 2. The van der Waals surface area contributed by atoms with Crippen LogP contribution in [-0.2, 0) is 0 Å². The van der Waals surface area contributed by atoms with Crippen LogP contribution in [0.1, 0.15) is 11.1 Å². The molecule has 27 heavy (non-hydrogen) atoms. The molecule has 0 atom stereocenters. The lowest BCUT2D eigenvalue weighted by Gasteiger charge is -2.13. The molecule has 0 aliphatic carbocycles. The SMILES string of the molecule is Cc1c(Cl)cccc1Nc1ncnc(Nc2cccc(Cl)c2C)c1[N+](=O)[O-]. The van der Waals surface area contributed by atoms with Crippen LogP contribution in [0.15, 0.2) is 42.7 Å². The maximum atomic E-state index is 11.7. The molecule has 0 saturated heterocycles. The normalized spacial score (nSPS) is 10.5. The molecule has 0 spiro atoms. The molecule has 138 valence electrons. The van der Waals surface area contributed by atoms with E-state index in [1.54, 1.807) is 36.4 Å². The van der Waals surface area contributed by atoms with Crippen LogP contribution < -0.4 is 10.6 Å². The molecule has 2 aromatic carbocycles. The molecular formula is C18H15Cl2N5O2. The molecule has 0 bridgehead atoms. The highest BCUT2D eigenvalue weighted by molar-refractivity contribution is 6.32. The summed E-state index contributed by atoms with van der Waals surface area (Å²) in [6.45, 7) is 3.62. The van der Waals surface area contributed by atoms with E-state index in [9.17, 15) is 10.1 Å². The Balaban J connectivity index is 2.04. The van der Waals surface area contributed by atoms with Gasteiger partial charge in [0.15, 0.2) is 0 Å². The van der Waals surface area contributed by atoms with Gasteiger partial charge in [0.1, 0.15) is 6.33 Å². The maximum Gasteiger partial charge on any atom is 0.353 e. The summed E-state index contributed by atoms with van der Waals surface area (Å²) in [6, 6.07) is 10.5. The first-order chi connectivity index (χ1) is 12.9. The fourth-order valence-electron chi connectivity index (χ4n) is 2.48. The van der Waals surface area contributed by atoms with Crippen LogP contribution in [0.2, 0.25) is 10.0 Å².